The summed E-state index contributed by atoms with van der Waals surface area (Å²) in [7, 11) is 0. The second-order valence-corrected chi connectivity index (χ2v) is 5.12. The lowest BCUT2D eigenvalue weighted by Gasteiger charge is -2.08. The van der Waals surface area contributed by atoms with Crippen molar-refractivity contribution in [3.05, 3.63) is 34.4 Å². The number of hydrogen-bond acceptors (Lipinski definition) is 6. The first-order valence-electron chi connectivity index (χ1n) is 5.24. The molecule has 5 nitrogen and oxygen atoms in total. The van der Waals surface area contributed by atoms with E-state index in [9.17, 15) is 0 Å². The molecule has 1 aromatic carbocycles. The van der Waals surface area contributed by atoms with Gasteiger partial charge in [0.05, 0.1) is 39.3 Å². The molecular formula is C11H7Cl2N5S. The average Bonchev–Trinajstić information content (AvgIpc) is 2.86. The Bertz CT molecular complexity index is 741. The highest BCUT2D eigenvalue weighted by atomic mass is 35.5. The topological polar surface area (TPSA) is 76.7 Å². The molecule has 2 aromatic heterocycles. The van der Waals surface area contributed by atoms with Gasteiger partial charge in [-0.3, -0.25) is 0 Å². The van der Waals surface area contributed by atoms with Crippen LogP contribution in [0.2, 0.25) is 10.0 Å². The van der Waals surface area contributed by atoms with Crippen LogP contribution in [0.5, 0.6) is 0 Å². The van der Waals surface area contributed by atoms with Crippen LogP contribution in [0.4, 0.5) is 17.2 Å². The molecule has 0 aliphatic rings. The highest BCUT2D eigenvalue weighted by molar-refractivity contribution is 7.00. The van der Waals surface area contributed by atoms with Gasteiger partial charge in [-0.15, -0.1) is 0 Å². The molecule has 2 heterocycles. The molecule has 19 heavy (non-hydrogen) atoms. The van der Waals surface area contributed by atoms with Gasteiger partial charge in [0, 0.05) is 0 Å². The Morgan fingerprint density at radius 1 is 1.11 bits per heavy atom. The van der Waals surface area contributed by atoms with E-state index in [-0.39, 0.29) is 0 Å². The molecule has 3 rings (SSSR count). The van der Waals surface area contributed by atoms with Gasteiger partial charge in [0.1, 0.15) is 16.9 Å². The molecule has 96 valence electrons. The minimum atomic E-state index is 0.462. The summed E-state index contributed by atoms with van der Waals surface area (Å²) in [4.78, 5) is 4.16. The second-order valence-electron chi connectivity index (χ2n) is 3.78. The van der Waals surface area contributed by atoms with Crippen LogP contribution in [-0.2, 0) is 0 Å². The lowest BCUT2D eigenvalue weighted by Crippen LogP contribution is -1.96. The minimum Gasteiger partial charge on any atom is -0.397 e. The summed E-state index contributed by atoms with van der Waals surface area (Å²) >= 11 is 13.3. The van der Waals surface area contributed by atoms with Gasteiger partial charge in [-0.05, 0) is 18.2 Å². The molecular weight excluding hydrogens is 305 g/mol. The van der Waals surface area contributed by atoms with Crippen molar-refractivity contribution in [1.29, 1.82) is 0 Å². The largest absolute Gasteiger partial charge is 0.397 e. The van der Waals surface area contributed by atoms with Crippen LogP contribution in [0.1, 0.15) is 0 Å². The van der Waals surface area contributed by atoms with Gasteiger partial charge in [0.2, 0.25) is 0 Å². The van der Waals surface area contributed by atoms with Crippen molar-refractivity contribution in [2.45, 2.75) is 0 Å². The van der Waals surface area contributed by atoms with Crippen molar-refractivity contribution >= 4 is 63.2 Å². The van der Waals surface area contributed by atoms with Crippen molar-refractivity contribution in [3.8, 4) is 0 Å². The van der Waals surface area contributed by atoms with Crippen LogP contribution in [-0.4, -0.2) is 13.7 Å². The fourth-order valence-corrected chi connectivity index (χ4v) is 2.76. The van der Waals surface area contributed by atoms with E-state index in [0.29, 0.717) is 38.3 Å². The van der Waals surface area contributed by atoms with E-state index in [1.54, 1.807) is 24.4 Å². The van der Waals surface area contributed by atoms with E-state index in [1.807, 2.05) is 0 Å². The maximum absolute atomic E-state index is 6.18. The molecule has 0 radical (unpaired) electrons. The fraction of sp³-hybridized carbons (Fsp3) is 0. The van der Waals surface area contributed by atoms with E-state index in [4.69, 9.17) is 28.9 Å². The van der Waals surface area contributed by atoms with Gasteiger partial charge in [0.15, 0.2) is 0 Å². The Morgan fingerprint density at radius 2 is 1.89 bits per heavy atom. The maximum Gasteiger partial charge on any atom is 0.131 e. The lowest BCUT2D eigenvalue weighted by atomic mass is 10.2. The van der Waals surface area contributed by atoms with E-state index < -0.39 is 0 Å². The van der Waals surface area contributed by atoms with Crippen molar-refractivity contribution < 1.29 is 0 Å². The zero-order valence-electron chi connectivity index (χ0n) is 9.39. The normalized spacial score (nSPS) is 10.8. The minimum absolute atomic E-state index is 0.462. The molecule has 0 unspecified atom stereocenters. The Labute approximate surface area is 122 Å². The average molecular weight is 312 g/mol. The Morgan fingerprint density at radius 3 is 2.63 bits per heavy atom. The lowest BCUT2D eigenvalue weighted by molar-refractivity contribution is 1.31. The van der Waals surface area contributed by atoms with Crippen LogP contribution in [0.25, 0.3) is 11.0 Å². The molecule has 8 heteroatoms. The SMILES string of the molecule is Nc1ccc(Nc2c(Cl)cc(Cl)c3nsnc23)nc1. The molecule has 0 saturated carbocycles. The van der Waals surface area contributed by atoms with Gasteiger partial charge in [0.25, 0.3) is 0 Å². The first-order valence-corrected chi connectivity index (χ1v) is 6.72. The number of anilines is 3. The van der Waals surface area contributed by atoms with Crippen molar-refractivity contribution in [2.24, 2.45) is 0 Å². The maximum atomic E-state index is 6.18. The number of hydrogen-bond donors (Lipinski definition) is 2. The first kappa shape index (κ1) is 12.4. The Kier molecular flexibility index (Phi) is 3.14. The zero-order valence-corrected chi connectivity index (χ0v) is 11.7. The standard InChI is InChI=1S/C11H7Cl2N5S/c12-6-3-7(13)10-11(18-19-17-10)9(6)16-8-2-1-5(14)4-15-8/h1-4H,14H2,(H,15,16). The summed E-state index contributed by atoms with van der Waals surface area (Å²) < 4.78 is 8.34. The van der Waals surface area contributed by atoms with Gasteiger partial charge in [-0.2, -0.15) is 8.75 Å². The Hall–Kier alpha value is -1.63. The van der Waals surface area contributed by atoms with E-state index in [1.165, 1.54) is 0 Å². The molecule has 3 N–H and O–H groups in total. The van der Waals surface area contributed by atoms with Gasteiger partial charge in [-0.25, -0.2) is 4.98 Å². The second kappa shape index (κ2) is 4.80. The third kappa shape index (κ3) is 2.30. The smallest absolute Gasteiger partial charge is 0.131 e. The number of nitrogens with two attached hydrogens (primary N) is 1. The molecule has 0 aliphatic heterocycles. The van der Waals surface area contributed by atoms with E-state index in [0.717, 1.165) is 11.7 Å². The molecule has 0 bridgehead atoms. The third-order valence-electron chi connectivity index (χ3n) is 2.48. The summed E-state index contributed by atoms with van der Waals surface area (Å²) in [5.41, 5.74) is 8.06. The predicted molar refractivity (Wildman–Crippen MR) is 79.4 cm³/mol. The molecule has 0 spiro atoms. The number of fused-ring (bicyclic) bond motifs is 1. The van der Waals surface area contributed by atoms with E-state index >= 15 is 0 Å². The fourth-order valence-electron chi connectivity index (χ4n) is 1.60. The number of aromatic nitrogens is 3. The predicted octanol–water partition coefficient (Wildman–Crippen LogP) is 3.72. The highest BCUT2D eigenvalue weighted by Gasteiger charge is 2.14. The van der Waals surface area contributed by atoms with Crippen LogP contribution in [0, 0.1) is 0 Å². The summed E-state index contributed by atoms with van der Waals surface area (Å²) in [5.74, 6) is 0.618. The number of halogens is 2. The van der Waals surface area contributed by atoms with Crippen molar-refractivity contribution in [1.82, 2.24) is 13.7 Å². The van der Waals surface area contributed by atoms with Crippen LogP contribution in [0.3, 0.4) is 0 Å². The van der Waals surface area contributed by atoms with Gasteiger partial charge < -0.3 is 11.1 Å². The number of rotatable bonds is 2. The van der Waals surface area contributed by atoms with Crippen LogP contribution < -0.4 is 11.1 Å². The first-order chi connectivity index (χ1) is 9.15. The van der Waals surface area contributed by atoms with Gasteiger partial charge >= 0.3 is 0 Å². The highest BCUT2D eigenvalue weighted by Crippen LogP contribution is 2.36. The monoisotopic (exact) mass is 311 g/mol. The molecule has 3 aromatic rings. The van der Waals surface area contributed by atoms with Crippen LogP contribution >= 0.6 is 34.9 Å². The molecule has 0 aliphatic carbocycles. The zero-order chi connectivity index (χ0) is 13.4. The summed E-state index contributed by atoms with van der Waals surface area (Å²) in [6.07, 6.45) is 1.56. The molecule has 0 saturated heterocycles. The van der Waals surface area contributed by atoms with Gasteiger partial charge in [-0.1, -0.05) is 23.2 Å². The summed E-state index contributed by atoms with van der Waals surface area (Å²) in [5, 5.41) is 4.04. The number of nitrogens with zero attached hydrogens (tertiary/aromatic N) is 3. The summed E-state index contributed by atoms with van der Waals surface area (Å²) in [6, 6.07) is 5.13. The van der Waals surface area contributed by atoms with Crippen molar-refractivity contribution in [2.75, 3.05) is 11.1 Å². The number of benzene rings is 1. The third-order valence-corrected chi connectivity index (χ3v) is 3.60. The summed E-state index contributed by atoms with van der Waals surface area (Å²) in [6.45, 7) is 0. The molecule has 0 fully saturated rings. The van der Waals surface area contributed by atoms with Crippen molar-refractivity contribution in [3.63, 3.8) is 0 Å². The van der Waals surface area contributed by atoms with E-state index in [2.05, 4.69) is 19.0 Å². The molecule has 0 atom stereocenters. The number of pyridine rings is 1. The Balaban J connectivity index is 2.09. The number of nitrogens with one attached hydrogen (secondary N) is 1. The quantitative estimate of drug-likeness (QED) is 0.754. The molecule has 0 amide bonds. The number of nitrogen functional groups attached to an aromatic ring is 1. The van der Waals surface area contributed by atoms with Crippen LogP contribution in [0.15, 0.2) is 24.4 Å².